The first-order valence-corrected chi connectivity index (χ1v) is 5.29. The van der Waals surface area contributed by atoms with Crippen LogP contribution in [0, 0.1) is 13.8 Å². The van der Waals surface area contributed by atoms with Crippen LogP contribution in [-0.4, -0.2) is 4.98 Å². The van der Waals surface area contributed by atoms with Crippen LogP contribution in [-0.2, 0) is 0 Å². The third-order valence-corrected chi connectivity index (χ3v) is 3.01. The van der Waals surface area contributed by atoms with Gasteiger partial charge in [0, 0.05) is 16.6 Å². The molecule has 0 bridgehead atoms. The van der Waals surface area contributed by atoms with Gasteiger partial charge in [-0.1, -0.05) is 0 Å². The quantitative estimate of drug-likeness (QED) is 0.763. The lowest BCUT2D eigenvalue weighted by Crippen LogP contribution is -2.07. The molecule has 2 rings (SSSR count). The fourth-order valence-corrected chi connectivity index (χ4v) is 2.07. The molecule has 14 heavy (non-hydrogen) atoms. The second-order valence-electron chi connectivity index (χ2n) is 3.35. The number of thiophene rings is 1. The second-order valence-corrected chi connectivity index (χ2v) is 4.46. The molecule has 0 amide bonds. The first kappa shape index (κ1) is 9.21. The zero-order valence-corrected chi connectivity index (χ0v) is 8.94. The van der Waals surface area contributed by atoms with E-state index in [4.69, 9.17) is 0 Å². The topological polar surface area (TPSA) is 32.9 Å². The largest absolute Gasteiger partial charge is 0.328 e. The Bertz CT molecular complexity index is 510. The van der Waals surface area contributed by atoms with Crippen LogP contribution in [0.3, 0.4) is 0 Å². The molecule has 2 aromatic rings. The van der Waals surface area contributed by atoms with E-state index < -0.39 is 0 Å². The van der Waals surface area contributed by atoms with Gasteiger partial charge in [-0.05, 0) is 42.5 Å². The number of pyridine rings is 1. The molecule has 0 atom stereocenters. The molecule has 0 aliphatic heterocycles. The molecular formula is C11H11NOS. The highest BCUT2D eigenvalue weighted by Gasteiger charge is 2.01. The van der Waals surface area contributed by atoms with Gasteiger partial charge in [0.1, 0.15) is 0 Å². The summed E-state index contributed by atoms with van der Waals surface area (Å²) in [4.78, 5) is 15.2. The summed E-state index contributed by atoms with van der Waals surface area (Å²) in [5, 5.41) is 2.10. The number of H-pyrrole nitrogens is 1. The number of aromatic amines is 1. The zero-order valence-electron chi connectivity index (χ0n) is 8.13. The summed E-state index contributed by atoms with van der Waals surface area (Å²) in [6.45, 7) is 3.90. The number of hydrogen-bond donors (Lipinski definition) is 1. The van der Waals surface area contributed by atoms with E-state index in [0.717, 1.165) is 11.1 Å². The molecule has 72 valence electrons. The predicted octanol–water partition coefficient (Wildman–Crippen LogP) is 2.72. The molecule has 0 saturated heterocycles. The van der Waals surface area contributed by atoms with Crippen LogP contribution in [0.15, 0.2) is 28.5 Å². The molecule has 1 N–H and O–H groups in total. The van der Waals surface area contributed by atoms with Gasteiger partial charge < -0.3 is 4.98 Å². The fraction of sp³-hybridized carbons (Fsp3) is 0.182. The van der Waals surface area contributed by atoms with Crippen molar-refractivity contribution in [3.05, 3.63) is 44.5 Å². The summed E-state index contributed by atoms with van der Waals surface area (Å²) < 4.78 is 0. The van der Waals surface area contributed by atoms with Gasteiger partial charge in [0.05, 0.1) is 0 Å². The first-order valence-electron chi connectivity index (χ1n) is 4.41. The molecule has 0 aliphatic carbocycles. The van der Waals surface area contributed by atoms with Crippen molar-refractivity contribution in [1.82, 2.24) is 4.98 Å². The predicted molar refractivity (Wildman–Crippen MR) is 59.8 cm³/mol. The molecule has 0 saturated carbocycles. The van der Waals surface area contributed by atoms with Gasteiger partial charge in [0.2, 0.25) is 0 Å². The van der Waals surface area contributed by atoms with Crippen LogP contribution in [0.1, 0.15) is 10.4 Å². The summed E-state index contributed by atoms with van der Waals surface area (Å²) in [6.07, 6.45) is 1.76. The molecule has 0 aliphatic rings. The molecule has 0 fully saturated rings. The van der Waals surface area contributed by atoms with Crippen molar-refractivity contribution in [2.24, 2.45) is 0 Å². The molecule has 2 nitrogen and oxygen atoms in total. The molecule has 3 heteroatoms. The minimum atomic E-state index is -0.0132. The van der Waals surface area contributed by atoms with E-state index in [1.807, 2.05) is 13.0 Å². The van der Waals surface area contributed by atoms with Crippen LogP contribution < -0.4 is 5.56 Å². The van der Waals surface area contributed by atoms with Gasteiger partial charge in [-0.3, -0.25) is 4.79 Å². The van der Waals surface area contributed by atoms with Gasteiger partial charge in [-0.25, -0.2) is 0 Å². The highest BCUT2D eigenvalue weighted by atomic mass is 32.1. The van der Waals surface area contributed by atoms with Crippen molar-refractivity contribution in [3.63, 3.8) is 0 Å². The van der Waals surface area contributed by atoms with Crippen molar-refractivity contribution >= 4 is 11.3 Å². The van der Waals surface area contributed by atoms with E-state index in [1.54, 1.807) is 17.5 Å². The summed E-state index contributed by atoms with van der Waals surface area (Å²) in [6, 6.07) is 4.04. The maximum absolute atomic E-state index is 11.2. The Labute approximate surface area is 86.2 Å². The summed E-state index contributed by atoms with van der Waals surface area (Å²) >= 11 is 1.72. The molecule has 0 radical (unpaired) electrons. The Hall–Kier alpha value is -1.35. The Morgan fingerprint density at radius 1 is 1.21 bits per heavy atom. The van der Waals surface area contributed by atoms with E-state index in [0.29, 0.717) is 0 Å². The average molecular weight is 205 g/mol. The van der Waals surface area contributed by atoms with Crippen molar-refractivity contribution in [3.8, 4) is 11.1 Å². The van der Waals surface area contributed by atoms with Crippen molar-refractivity contribution in [1.29, 1.82) is 0 Å². The van der Waals surface area contributed by atoms with Gasteiger partial charge in [0.15, 0.2) is 0 Å². The monoisotopic (exact) mass is 205 g/mol. The van der Waals surface area contributed by atoms with Crippen LogP contribution in [0.4, 0.5) is 0 Å². The maximum atomic E-state index is 11.2. The van der Waals surface area contributed by atoms with E-state index >= 15 is 0 Å². The molecule has 0 aromatic carbocycles. The maximum Gasteiger partial charge on any atom is 0.250 e. The van der Waals surface area contributed by atoms with Crippen LogP contribution in [0.25, 0.3) is 11.1 Å². The minimum absolute atomic E-state index is 0.0132. The zero-order chi connectivity index (χ0) is 10.1. The van der Waals surface area contributed by atoms with Crippen molar-refractivity contribution in [2.45, 2.75) is 13.8 Å². The van der Waals surface area contributed by atoms with Crippen molar-refractivity contribution in [2.75, 3.05) is 0 Å². The summed E-state index contributed by atoms with van der Waals surface area (Å²) in [5.74, 6) is 0. The number of nitrogens with one attached hydrogen (secondary N) is 1. The van der Waals surface area contributed by atoms with E-state index in [1.165, 1.54) is 10.4 Å². The van der Waals surface area contributed by atoms with Crippen LogP contribution >= 0.6 is 11.3 Å². The number of hydrogen-bond acceptors (Lipinski definition) is 2. The fourth-order valence-electron chi connectivity index (χ4n) is 1.36. The number of aromatic nitrogens is 1. The van der Waals surface area contributed by atoms with Crippen molar-refractivity contribution < 1.29 is 0 Å². The van der Waals surface area contributed by atoms with Gasteiger partial charge in [0.25, 0.3) is 5.56 Å². The van der Waals surface area contributed by atoms with E-state index in [9.17, 15) is 4.79 Å². The number of aryl methyl sites for hydroxylation is 2. The lowest BCUT2D eigenvalue weighted by molar-refractivity contribution is 1.18. The van der Waals surface area contributed by atoms with Crippen LogP contribution in [0.2, 0.25) is 0 Å². The normalized spacial score (nSPS) is 10.4. The lowest BCUT2D eigenvalue weighted by Gasteiger charge is -1.97. The average Bonchev–Trinajstić information content (AvgIpc) is 2.57. The minimum Gasteiger partial charge on any atom is -0.328 e. The Balaban J connectivity index is 2.52. The van der Waals surface area contributed by atoms with E-state index in [2.05, 4.69) is 23.4 Å². The third-order valence-electron chi connectivity index (χ3n) is 2.15. The lowest BCUT2D eigenvalue weighted by atomic mass is 10.1. The SMILES string of the molecule is Cc1cc(-c2c[nH]c(=O)c(C)c2)cs1. The number of rotatable bonds is 1. The van der Waals surface area contributed by atoms with Gasteiger partial charge >= 0.3 is 0 Å². The molecular weight excluding hydrogens is 194 g/mol. The summed E-state index contributed by atoms with van der Waals surface area (Å²) in [7, 11) is 0. The first-order chi connectivity index (χ1) is 6.66. The Kier molecular flexibility index (Phi) is 2.25. The van der Waals surface area contributed by atoms with Gasteiger partial charge in [-0.15, -0.1) is 11.3 Å². The second kappa shape index (κ2) is 3.42. The standard InChI is InChI=1S/C11H11NOS/c1-7-3-9(5-12-11(7)13)10-4-8(2)14-6-10/h3-6H,1-2H3,(H,12,13). The third kappa shape index (κ3) is 1.63. The van der Waals surface area contributed by atoms with E-state index in [-0.39, 0.29) is 5.56 Å². The molecule has 0 spiro atoms. The molecule has 2 aromatic heterocycles. The molecule has 2 heterocycles. The van der Waals surface area contributed by atoms with Gasteiger partial charge in [-0.2, -0.15) is 0 Å². The van der Waals surface area contributed by atoms with Crippen LogP contribution in [0.5, 0.6) is 0 Å². The molecule has 0 unspecified atom stereocenters. The Morgan fingerprint density at radius 3 is 2.57 bits per heavy atom. The smallest absolute Gasteiger partial charge is 0.250 e. The Morgan fingerprint density at radius 2 is 2.00 bits per heavy atom. The highest BCUT2D eigenvalue weighted by molar-refractivity contribution is 7.10. The summed E-state index contributed by atoms with van der Waals surface area (Å²) in [5.41, 5.74) is 2.99. The highest BCUT2D eigenvalue weighted by Crippen LogP contribution is 2.24.